The summed E-state index contributed by atoms with van der Waals surface area (Å²) >= 11 is 0. The average Bonchev–Trinajstić information content (AvgIpc) is 3.32. The number of likely N-dealkylation sites (tertiary alicyclic amines) is 1. The zero-order valence-electron chi connectivity index (χ0n) is 17.4. The molecule has 1 aliphatic rings. The van der Waals surface area contributed by atoms with E-state index in [9.17, 15) is 4.79 Å². The van der Waals surface area contributed by atoms with Gasteiger partial charge >= 0.3 is 0 Å². The number of H-pyrrole nitrogens is 1. The number of benzene rings is 1. The van der Waals surface area contributed by atoms with Gasteiger partial charge in [0.15, 0.2) is 0 Å². The smallest absolute Gasteiger partial charge is 0.262 e. The maximum atomic E-state index is 12.8. The molecule has 4 heterocycles. The Morgan fingerprint density at radius 1 is 1.17 bits per heavy atom. The summed E-state index contributed by atoms with van der Waals surface area (Å²) in [5.74, 6) is 1.54. The quantitative estimate of drug-likeness (QED) is 0.533. The minimum absolute atomic E-state index is 0.0551. The minimum Gasteiger partial charge on any atom is -0.353 e. The van der Waals surface area contributed by atoms with Crippen LogP contribution >= 0.6 is 0 Å². The molecule has 1 aromatic carbocycles. The van der Waals surface area contributed by atoms with E-state index in [0.29, 0.717) is 11.8 Å². The van der Waals surface area contributed by atoms with E-state index in [1.165, 1.54) is 0 Å². The average molecular weight is 406 g/mol. The third-order valence-electron chi connectivity index (χ3n) is 6.15. The van der Waals surface area contributed by atoms with Gasteiger partial charge < -0.3 is 19.8 Å². The van der Waals surface area contributed by atoms with E-state index in [1.807, 2.05) is 49.0 Å². The second-order valence-corrected chi connectivity index (χ2v) is 8.17. The molecule has 8 heteroatoms. The summed E-state index contributed by atoms with van der Waals surface area (Å²) in [6.07, 6.45) is 6.52. The van der Waals surface area contributed by atoms with E-state index in [-0.39, 0.29) is 5.56 Å². The molecule has 2 N–H and O–H groups in total. The number of nitrogens with zero attached hydrogens (tertiary/aromatic N) is 5. The van der Waals surface area contributed by atoms with E-state index >= 15 is 0 Å². The summed E-state index contributed by atoms with van der Waals surface area (Å²) in [4.78, 5) is 27.9. The van der Waals surface area contributed by atoms with Crippen molar-refractivity contribution in [3.63, 3.8) is 0 Å². The van der Waals surface area contributed by atoms with Gasteiger partial charge in [-0.25, -0.2) is 9.97 Å². The molecular formula is C22H27N7O. The van der Waals surface area contributed by atoms with Gasteiger partial charge in [-0.15, -0.1) is 0 Å². The molecular weight excluding hydrogens is 378 g/mol. The molecule has 0 aliphatic carbocycles. The van der Waals surface area contributed by atoms with Gasteiger partial charge in [0, 0.05) is 50.7 Å². The molecule has 1 saturated heterocycles. The van der Waals surface area contributed by atoms with Crippen LogP contribution in [-0.4, -0.2) is 54.5 Å². The largest absolute Gasteiger partial charge is 0.353 e. The number of nitrogens with one attached hydrogen (secondary N) is 2. The number of para-hydroxylation sites is 2. The first-order valence-electron chi connectivity index (χ1n) is 10.6. The SMILES string of the molecule is Cc1nc2n(C)ccn2c(=O)c1CCN1CCC(Nc2nc3ccccc3[nH]2)CC1. The van der Waals surface area contributed by atoms with Gasteiger partial charge in [-0.3, -0.25) is 9.20 Å². The number of anilines is 1. The number of aromatic nitrogens is 5. The first-order chi connectivity index (χ1) is 14.6. The van der Waals surface area contributed by atoms with Gasteiger partial charge in [-0.2, -0.15) is 0 Å². The molecule has 0 spiro atoms. The number of piperidine rings is 1. The van der Waals surface area contributed by atoms with Gasteiger partial charge in [-0.05, 0) is 38.3 Å². The van der Waals surface area contributed by atoms with Crippen LogP contribution in [-0.2, 0) is 13.5 Å². The molecule has 5 rings (SSSR count). The van der Waals surface area contributed by atoms with E-state index in [0.717, 1.165) is 67.1 Å². The molecule has 0 radical (unpaired) electrons. The number of aryl methyl sites for hydroxylation is 2. The second kappa shape index (κ2) is 7.60. The fraction of sp³-hybridized carbons (Fsp3) is 0.409. The van der Waals surface area contributed by atoms with Gasteiger partial charge in [0.1, 0.15) is 0 Å². The standard InChI is InChI=1S/C22H27N7O/c1-15-17(20(30)29-14-13-27(2)22(29)23-15)9-12-28-10-7-16(8-11-28)24-21-25-18-5-3-4-6-19(18)26-21/h3-6,13-14,16H,7-12H2,1-2H3,(H2,24,25,26). The molecule has 8 nitrogen and oxygen atoms in total. The van der Waals surface area contributed by atoms with Crippen molar-refractivity contribution in [1.82, 2.24) is 28.8 Å². The van der Waals surface area contributed by atoms with Crippen LogP contribution in [0.2, 0.25) is 0 Å². The summed E-state index contributed by atoms with van der Waals surface area (Å²) in [5, 5.41) is 3.55. The molecule has 1 fully saturated rings. The fourth-order valence-electron chi connectivity index (χ4n) is 4.35. The Morgan fingerprint density at radius 3 is 2.77 bits per heavy atom. The van der Waals surface area contributed by atoms with Gasteiger partial charge in [0.2, 0.25) is 11.7 Å². The van der Waals surface area contributed by atoms with Crippen LogP contribution in [0, 0.1) is 6.92 Å². The van der Waals surface area contributed by atoms with E-state index in [2.05, 4.69) is 25.2 Å². The number of hydrogen-bond acceptors (Lipinski definition) is 5. The summed E-state index contributed by atoms with van der Waals surface area (Å²) in [5.41, 5.74) is 3.76. The molecule has 0 unspecified atom stereocenters. The van der Waals surface area contributed by atoms with Crippen LogP contribution in [0.25, 0.3) is 16.8 Å². The minimum atomic E-state index is 0.0551. The number of imidazole rings is 2. The number of rotatable bonds is 5. The van der Waals surface area contributed by atoms with Crippen molar-refractivity contribution < 1.29 is 0 Å². The van der Waals surface area contributed by atoms with Crippen molar-refractivity contribution in [3.05, 3.63) is 58.3 Å². The first kappa shape index (κ1) is 18.9. The summed E-state index contributed by atoms with van der Waals surface area (Å²) < 4.78 is 3.52. The highest BCUT2D eigenvalue weighted by Gasteiger charge is 2.21. The van der Waals surface area contributed by atoms with Crippen LogP contribution in [0.5, 0.6) is 0 Å². The highest BCUT2D eigenvalue weighted by Crippen LogP contribution is 2.18. The van der Waals surface area contributed by atoms with Crippen molar-refractivity contribution in [1.29, 1.82) is 0 Å². The van der Waals surface area contributed by atoms with Crippen LogP contribution in [0.1, 0.15) is 24.1 Å². The number of aromatic amines is 1. The highest BCUT2D eigenvalue weighted by atomic mass is 16.1. The van der Waals surface area contributed by atoms with Gasteiger partial charge in [0.05, 0.1) is 16.7 Å². The maximum absolute atomic E-state index is 12.8. The Bertz CT molecular complexity index is 1210. The number of fused-ring (bicyclic) bond motifs is 2. The zero-order valence-corrected chi connectivity index (χ0v) is 17.4. The van der Waals surface area contributed by atoms with Crippen molar-refractivity contribution in [2.75, 3.05) is 25.0 Å². The summed E-state index contributed by atoms with van der Waals surface area (Å²) in [6, 6.07) is 8.50. The monoisotopic (exact) mass is 405 g/mol. The predicted octanol–water partition coefficient (Wildman–Crippen LogP) is 2.34. The molecule has 30 heavy (non-hydrogen) atoms. The molecule has 156 valence electrons. The van der Waals surface area contributed by atoms with Gasteiger partial charge in [0.25, 0.3) is 5.56 Å². The molecule has 0 atom stereocenters. The third kappa shape index (κ3) is 3.47. The second-order valence-electron chi connectivity index (χ2n) is 8.17. The summed E-state index contributed by atoms with van der Waals surface area (Å²) in [7, 11) is 1.91. The summed E-state index contributed by atoms with van der Waals surface area (Å²) in [6.45, 7) is 4.85. The van der Waals surface area contributed by atoms with Crippen LogP contribution in [0.15, 0.2) is 41.5 Å². The van der Waals surface area contributed by atoms with Crippen molar-refractivity contribution in [2.45, 2.75) is 32.2 Å². The molecule has 0 bridgehead atoms. The van der Waals surface area contributed by atoms with Crippen LogP contribution in [0.4, 0.5) is 5.95 Å². The predicted molar refractivity (Wildman–Crippen MR) is 118 cm³/mol. The van der Waals surface area contributed by atoms with Crippen molar-refractivity contribution >= 4 is 22.8 Å². The Morgan fingerprint density at radius 2 is 1.97 bits per heavy atom. The fourth-order valence-corrected chi connectivity index (χ4v) is 4.35. The maximum Gasteiger partial charge on any atom is 0.262 e. The molecule has 3 aromatic heterocycles. The van der Waals surface area contributed by atoms with Crippen molar-refractivity contribution in [2.24, 2.45) is 7.05 Å². The van der Waals surface area contributed by atoms with E-state index < -0.39 is 0 Å². The Balaban J connectivity index is 1.19. The lowest BCUT2D eigenvalue weighted by atomic mass is 10.0. The lowest BCUT2D eigenvalue weighted by Crippen LogP contribution is -2.40. The van der Waals surface area contributed by atoms with Crippen LogP contribution < -0.4 is 10.9 Å². The Hall–Kier alpha value is -3.13. The van der Waals surface area contributed by atoms with E-state index in [1.54, 1.807) is 10.6 Å². The van der Waals surface area contributed by atoms with Crippen LogP contribution in [0.3, 0.4) is 0 Å². The molecule has 0 amide bonds. The third-order valence-corrected chi connectivity index (χ3v) is 6.15. The number of hydrogen-bond donors (Lipinski definition) is 2. The lowest BCUT2D eigenvalue weighted by Gasteiger charge is -2.32. The highest BCUT2D eigenvalue weighted by molar-refractivity contribution is 5.77. The lowest BCUT2D eigenvalue weighted by molar-refractivity contribution is 0.221. The van der Waals surface area contributed by atoms with Gasteiger partial charge in [-0.1, -0.05) is 12.1 Å². The molecule has 4 aromatic rings. The molecule has 0 saturated carbocycles. The van der Waals surface area contributed by atoms with Crippen molar-refractivity contribution in [3.8, 4) is 0 Å². The zero-order chi connectivity index (χ0) is 20.7. The topological polar surface area (TPSA) is 83.2 Å². The Kier molecular flexibility index (Phi) is 4.78. The van der Waals surface area contributed by atoms with E-state index in [4.69, 9.17) is 0 Å². The molecule has 1 aliphatic heterocycles. The normalized spacial score (nSPS) is 15.9. The Labute approximate surface area is 174 Å². The first-order valence-corrected chi connectivity index (χ1v) is 10.6.